The van der Waals surface area contributed by atoms with Crippen LogP contribution in [0.1, 0.15) is 18.5 Å². The summed E-state index contributed by atoms with van der Waals surface area (Å²) in [6.07, 6.45) is 3.12. The maximum absolute atomic E-state index is 13.6. The summed E-state index contributed by atoms with van der Waals surface area (Å²) < 4.78 is 13.6. The zero-order valence-corrected chi connectivity index (χ0v) is 18.1. The van der Waals surface area contributed by atoms with Gasteiger partial charge in [-0.1, -0.05) is 12.1 Å². The van der Waals surface area contributed by atoms with Crippen molar-refractivity contribution in [2.75, 3.05) is 32.5 Å². The van der Waals surface area contributed by atoms with Gasteiger partial charge in [0.05, 0.1) is 5.69 Å². The Morgan fingerprint density at radius 3 is 2.28 bits per heavy atom. The predicted molar refractivity (Wildman–Crippen MR) is 118 cm³/mol. The number of amides is 1. The zero-order valence-electron chi connectivity index (χ0n) is 18.1. The van der Waals surface area contributed by atoms with Gasteiger partial charge in [-0.15, -0.1) is 0 Å². The fourth-order valence-corrected chi connectivity index (χ4v) is 3.48. The molecular formula is C22H29FN4O5. The van der Waals surface area contributed by atoms with E-state index in [4.69, 9.17) is 19.8 Å². The van der Waals surface area contributed by atoms with E-state index in [1.807, 2.05) is 18.2 Å². The molecule has 32 heavy (non-hydrogen) atoms. The Hall–Kier alpha value is -3.53. The van der Waals surface area contributed by atoms with Crippen LogP contribution in [0.4, 0.5) is 10.1 Å². The molecular weight excluding hydrogens is 419 g/mol. The molecule has 1 aliphatic heterocycles. The SMILES string of the molecule is CN(C)C(=O)C1(Nc2cccc(F)c2)CCN(Cc2ccccn2)CC1.O=CO.O=CO. The Labute approximate surface area is 186 Å². The number of benzene rings is 1. The summed E-state index contributed by atoms with van der Waals surface area (Å²) in [6.45, 7) is 1.82. The number of aromatic nitrogens is 1. The first-order valence-electron chi connectivity index (χ1n) is 9.85. The van der Waals surface area contributed by atoms with Crippen LogP contribution in [0.5, 0.6) is 0 Å². The second-order valence-corrected chi connectivity index (χ2v) is 7.23. The van der Waals surface area contributed by atoms with Gasteiger partial charge in [0.25, 0.3) is 12.9 Å². The molecule has 0 radical (unpaired) electrons. The van der Waals surface area contributed by atoms with Gasteiger partial charge < -0.3 is 20.4 Å². The van der Waals surface area contributed by atoms with E-state index in [0.29, 0.717) is 18.5 Å². The zero-order chi connectivity index (χ0) is 24.0. The van der Waals surface area contributed by atoms with Crippen molar-refractivity contribution in [2.45, 2.75) is 24.9 Å². The van der Waals surface area contributed by atoms with Gasteiger partial charge in [-0.05, 0) is 43.2 Å². The van der Waals surface area contributed by atoms with Crippen LogP contribution in [0.2, 0.25) is 0 Å². The topological polar surface area (TPSA) is 123 Å². The van der Waals surface area contributed by atoms with Crippen molar-refractivity contribution in [2.24, 2.45) is 0 Å². The molecule has 1 aliphatic rings. The number of piperidine rings is 1. The highest BCUT2D eigenvalue weighted by Crippen LogP contribution is 2.29. The van der Waals surface area contributed by atoms with E-state index < -0.39 is 5.54 Å². The fraction of sp³-hybridized carbons (Fsp3) is 0.364. The minimum absolute atomic E-state index is 0.0271. The Morgan fingerprint density at radius 1 is 1.16 bits per heavy atom. The van der Waals surface area contributed by atoms with Crippen LogP contribution in [-0.4, -0.2) is 76.6 Å². The van der Waals surface area contributed by atoms with Gasteiger partial charge in [0.2, 0.25) is 5.91 Å². The highest BCUT2D eigenvalue weighted by molar-refractivity contribution is 5.89. The largest absolute Gasteiger partial charge is 0.483 e. The summed E-state index contributed by atoms with van der Waals surface area (Å²) in [6, 6.07) is 12.2. The van der Waals surface area contributed by atoms with Gasteiger partial charge in [-0.25, -0.2) is 4.39 Å². The van der Waals surface area contributed by atoms with Crippen molar-refractivity contribution in [1.82, 2.24) is 14.8 Å². The monoisotopic (exact) mass is 448 g/mol. The molecule has 10 heteroatoms. The Kier molecular flexibility index (Phi) is 11.4. The Morgan fingerprint density at radius 2 is 1.78 bits per heavy atom. The number of anilines is 1. The molecule has 0 atom stereocenters. The van der Waals surface area contributed by atoms with E-state index in [2.05, 4.69) is 15.2 Å². The van der Waals surface area contributed by atoms with Gasteiger partial charge in [-0.3, -0.25) is 24.3 Å². The average molecular weight is 448 g/mol. The normalized spacial score (nSPS) is 14.5. The number of likely N-dealkylation sites (tertiary alicyclic amines) is 1. The number of hydrogen-bond donors (Lipinski definition) is 3. The number of nitrogens with one attached hydrogen (secondary N) is 1. The van der Waals surface area contributed by atoms with Crippen LogP contribution < -0.4 is 5.32 Å². The third-order valence-corrected chi connectivity index (χ3v) is 4.85. The third kappa shape index (κ3) is 8.31. The van der Waals surface area contributed by atoms with Crippen LogP contribution in [-0.2, 0) is 20.9 Å². The second-order valence-electron chi connectivity index (χ2n) is 7.23. The van der Waals surface area contributed by atoms with Crippen molar-refractivity contribution in [3.8, 4) is 0 Å². The summed E-state index contributed by atoms with van der Waals surface area (Å²) in [5.41, 5.74) is 0.952. The number of carboxylic acid groups (broad SMARTS) is 2. The van der Waals surface area contributed by atoms with Crippen molar-refractivity contribution in [3.63, 3.8) is 0 Å². The maximum Gasteiger partial charge on any atom is 0.290 e. The van der Waals surface area contributed by atoms with Gasteiger partial charge in [0.1, 0.15) is 11.4 Å². The summed E-state index contributed by atoms with van der Waals surface area (Å²) in [4.78, 5) is 37.9. The van der Waals surface area contributed by atoms with Crippen molar-refractivity contribution in [3.05, 3.63) is 60.2 Å². The number of nitrogens with zero attached hydrogens (tertiary/aromatic N) is 3. The van der Waals surface area contributed by atoms with Crippen LogP contribution in [0.15, 0.2) is 48.7 Å². The molecule has 0 aliphatic carbocycles. The maximum atomic E-state index is 13.6. The predicted octanol–water partition coefficient (Wildman–Crippen LogP) is 2.16. The number of halogens is 1. The van der Waals surface area contributed by atoms with Gasteiger partial charge in [0.15, 0.2) is 0 Å². The lowest BCUT2D eigenvalue weighted by molar-refractivity contribution is -0.135. The fourth-order valence-electron chi connectivity index (χ4n) is 3.48. The van der Waals surface area contributed by atoms with E-state index >= 15 is 0 Å². The first-order valence-corrected chi connectivity index (χ1v) is 9.85. The quantitative estimate of drug-likeness (QED) is 0.595. The molecule has 2 heterocycles. The first kappa shape index (κ1) is 26.5. The molecule has 9 nitrogen and oxygen atoms in total. The highest BCUT2D eigenvalue weighted by Gasteiger charge is 2.42. The first-order chi connectivity index (χ1) is 15.3. The number of hydrogen-bond acceptors (Lipinski definition) is 6. The summed E-state index contributed by atoms with van der Waals surface area (Å²) >= 11 is 0. The Bertz CT molecular complexity index is 837. The number of rotatable bonds is 5. The van der Waals surface area contributed by atoms with Gasteiger partial charge in [0, 0.05) is 45.6 Å². The molecule has 2 aromatic rings. The highest BCUT2D eigenvalue weighted by atomic mass is 19.1. The molecule has 174 valence electrons. The van der Waals surface area contributed by atoms with Crippen molar-refractivity contribution >= 4 is 24.5 Å². The van der Waals surface area contributed by atoms with E-state index in [-0.39, 0.29) is 24.7 Å². The molecule has 0 spiro atoms. The lowest BCUT2D eigenvalue weighted by Crippen LogP contribution is -2.57. The van der Waals surface area contributed by atoms with E-state index in [9.17, 15) is 9.18 Å². The minimum Gasteiger partial charge on any atom is -0.483 e. The average Bonchev–Trinajstić information content (AvgIpc) is 2.76. The van der Waals surface area contributed by atoms with Crippen LogP contribution in [0.25, 0.3) is 0 Å². The molecule has 0 unspecified atom stereocenters. The molecule has 0 bridgehead atoms. The lowest BCUT2D eigenvalue weighted by atomic mass is 9.85. The number of likely N-dealkylation sites (N-methyl/N-ethyl adjacent to an activating group) is 1. The van der Waals surface area contributed by atoms with E-state index in [1.165, 1.54) is 12.1 Å². The lowest BCUT2D eigenvalue weighted by Gasteiger charge is -2.43. The summed E-state index contributed by atoms with van der Waals surface area (Å²) in [5.74, 6) is -0.283. The third-order valence-electron chi connectivity index (χ3n) is 4.85. The smallest absolute Gasteiger partial charge is 0.290 e. The van der Waals surface area contributed by atoms with Crippen molar-refractivity contribution < 1.29 is 29.0 Å². The number of pyridine rings is 1. The number of carbonyl (C=O) groups is 3. The molecule has 3 N–H and O–H groups in total. The van der Waals surface area contributed by atoms with Crippen LogP contribution in [0.3, 0.4) is 0 Å². The summed E-state index contributed by atoms with van der Waals surface area (Å²) in [5, 5.41) is 17.1. The van der Waals surface area contributed by atoms with Gasteiger partial charge >= 0.3 is 0 Å². The molecule has 1 saturated heterocycles. The molecule has 1 aromatic carbocycles. The minimum atomic E-state index is -0.710. The van der Waals surface area contributed by atoms with E-state index in [1.54, 1.807) is 37.3 Å². The summed E-state index contributed by atoms with van der Waals surface area (Å²) in [7, 11) is 3.52. The van der Waals surface area contributed by atoms with E-state index in [0.717, 1.165) is 25.3 Å². The number of carbonyl (C=O) groups excluding carboxylic acids is 1. The molecule has 3 rings (SSSR count). The molecule has 0 saturated carbocycles. The van der Waals surface area contributed by atoms with Crippen molar-refractivity contribution in [1.29, 1.82) is 0 Å². The van der Waals surface area contributed by atoms with Crippen LogP contribution >= 0.6 is 0 Å². The second kappa shape index (κ2) is 13.7. The Balaban J connectivity index is 0.000000769. The molecule has 1 fully saturated rings. The standard InChI is InChI=1S/C20H25FN4O.2CH2O2/c1-24(2)19(26)20(23-17-8-5-6-16(21)14-17)9-12-25(13-10-20)15-18-7-3-4-11-22-18;2*2-1-3/h3-8,11,14,23H,9-10,12-13,15H2,1-2H3;2*1H,(H,2,3). The molecule has 1 aromatic heterocycles. The molecule has 1 amide bonds. The van der Waals surface area contributed by atoms with Gasteiger partial charge in [-0.2, -0.15) is 0 Å². The van der Waals surface area contributed by atoms with Crippen LogP contribution in [0, 0.1) is 5.82 Å².